The highest BCUT2D eigenvalue weighted by molar-refractivity contribution is 5.78. The topological polar surface area (TPSA) is 20.3 Å². The minimum absolute atomic E-state index is 0.0663. The van der Waals surface area contributed by atoms with Crippen molar-refractivity contribution < 1.29 is 4.79 Å². The van der Waals surface area contributed by atoms with Crippen LogP contribution in [0.15, 0.2) is 48.5 Å². The molecular weight excluding hydrogens is 318 g/mol. The molecule has 0 bridgehead atoms. The summed E-state index contributed by atoms with van der Waals surface area (Å²) in [5.41, 5.74) is 5.18. The van der Waals surface area contributed by atoms with E-state index in [1.165, 1.54) is 47.9 Å². The second kappa shape index (κ2) is 7.65. The molecule has 2 aromatic carbocycles. The van der Waals surface area contributed by atoms with Gasteiger partial charge in [0.15, 0.2) is 0 Å². The zero-order valence-corrected chi connectivity index (χ0v) is 15.8. The monoisotopic (exact) mass is 347 g/mol. The highest BCUT2D eigenvalue weighted by Gasteiger charge is 2.32. The van der Waals surface area contributed by atoms with Crippen molar-refractivity contribution in [1.82, 2.24) is 4.90 Å². The quantitative estimate of drug-likeness (QED) is 0.721. The summed E-state index contributed by atoms with van der Waals surface area (Å²) in [5.74, 6) is 1.10. The van der Waals surface area contributed by atoms with E-state index >= 15 is 0 Å². The van der Waals surface area contributed by atoms with Crippen molar-refractivity contribution in [2.45, 2.75) is 57.9 Å². The van der Waals surface area contributed by atoms with Crippen LogP contribution in [0, 0.1) is 12.8 Å². The second-order valence-electron chi connectivity index (χ2n) is 8.04. The van der Waals surface area contributed by atoms with Crippen LogP contribution in [0.2, 0.25) is 0 Å². The average molecular weight is 348 g/mol. The number of carbonyl (C=O) groups is 1. The lowest BCUT2D eigenvalue weighted by Gasteiger charge is -2.38. The summed E-state index contributed by atoms with van der Waals surface area (Å²) in [7, 11) is 0. The molecule has 1 fully saturated rings. The van der Waals surface area contributed by atoms with Crippen molar-refractivity contribution in [1.29, 1.82) is 0 Å². The Hall–Kier alpha value is -2.09. The molecule has 136 valence electrons. The van der Waals surface area contributed by atoms with E-state index in [1.807, 2.05) is 0 Å². The Bertz CT molecular complexity index is 758. The third-order valence-corrected chi connectivity index (χ3v) is 6.24. The molecule has 0 saturated heterocycles. The fraction of sp³-hybridized carbons (Fsp3) is 0.458. The maximum Gasteiger partial charge on any atom is 0.223 e. The highest BCUT2D eigenvalue weighted by Crippen LogP contribution is 2.36. The van der Waals surface area contributed by atoms with Gasteiger partial charge in [0.25, 0.3) is 0 Å². The van der Waals surface area contributed by atoms with E-state index in [4.69, 9.17) is 0 Å². The molecule has 1 unspecified atom stereocenters. The maximum atomic E-state index is 13.1. The van der Waals surface area contributed by atoms with Crippen LogP contribution in [0.5, 0.6) is 0 Å². The maximum absolute atomic E-state index is 13.1. The first-order valence-electron chi connectivity index (χ1n) is 10.2. The Labute approximate surface area is 157 Å². The van der Waals surface area contributed by atoms with Gasteiger partial charge in [0.1, 0.15) is 0 Å². The second-order valence-corrected chi connectivity index (χ2v) is 8.04. The summed E-state index contributed by atoms with van der Waals surface area (Å²) in [6.07, 6.45) is 8.07. The van der Waals surface area contributed by atoms with Gasteiger partial charge in [-0.3, -0.25) is 4.79 Å². The number of aryl methyl sites for hydroxylation is 1. The Morgan fingerprint density at radius 1 is 1.04 bits per heavy atom. The minimum Gasteiger partial charge on any atom is -0.331 e. The first-order chi connectivity index (χ1) is 12.7. The van der Waals surface area contributed by atoms with Crippen molar-refractivity contribution in [3.05, 3.63) is 70.8 Å². The zero-order chi connectivity index (χ0) is 17.9. The van der Waals surface area contributed by atoms with Crippen LogP contribution in [0.1, 0.15) is 66.8 Å². The van der Waals surface area contributed by atoms with Gasteiger partial charge in [-0.1, -0.05) is 79.8 Å². The summed E-state index contributed by atoms with van der Waals surface area (Å²) in [5, 5.41) is 0. The Balaban J connectivity index is 1.59. The van der Waals surface area contributed by atoms with Crippen molar-refractivity contribution in [3.63, 3.8) is 0 Å². The minimum atomic E-state index is 0.0663. The molecular formula is C24H29NO. The number of nitrogens with zero attached hydrogens (tertiary/aromatic N) is 1. The first-order valence-corrected chi connectivity index (χ1v) is 10.2. The predicted molar refractivity (Wildman–Crippen MR) is 106 cm³/mol. The molecule has 1 saturated carbocycles. The molecule has 1 atom stereocenters. The van der Waals surface area contributed by atoms with Crippen LogP contribution in [-0.4, -0.2) is 17.4 Å². The van der Waals surface area contributed by atoms with Gasteiger partial charge in [0, 0.05) is 13.0 Å². The van der Waals surface area contributed by atoms with Gasteiger partial charge in [-0.15, -0.1) is 0 Å². The molecule has 2 aromatic rings. The summed E-state index contributed by atoms with van der Waals surface area (Å²) in [6.45, 7) is 2.95. The Kier molecular flexibility index (Phi) is 5.10. The van der Waals surface area contributed by atoms with Crippen LogP contribution < -0.4 is 0 Å². The summed E-state index contributed by atoms with van der Waals surface area (Å²) in [6, 6.07) is 17.4. The molecule has 0 N–H and O–H groups in total. The van der Waals surface area contributed by atoms with E-state index < -0.39 is 0 Å². The van der Waals surface area contributed by atoms with Gasteiger partial charge < -0.3 is 4.90 Å². The van der Waals surface area contributed by atoms with Gasteiger partial charge in [0.05, 0.1) is 6.04 Å². The van der Waals surface area contributed by atoms with Crippen molar-refractivity contribution in [2.24, 2.45) is 5.92 Å². The van der Waals surface area contributed by atoms with E-state index in [2.05, 4.69) is 60.4 Å². The average Bonchev–Trinajstić information content (AvgIpc) is 3.19. The molecule has 2 heteroatoms. The lowest BCUT2D eigenvalue weighted by molar-refractivity contribution is -0.133. The number of carbonyl (C=O) groups excluding carboxylic acids is 1. The highest BCUT2D eigenvalue weighted by atomic mass is 16.2. The fourth-order valence-corrected chi connectivity index (χ4v) is 4.71. The summed E-state index contributed by atoms with van der Waals surface area (Å²) in [4.78, 5) is 15.3. The van der Waals surface area contributed by atoms with Gasteiger partial charge >= 0.3 is 0 Å². The van der Waals surface area contributed by atoms with E-state index in [0.29, 0.717) is 12.3 Å². The smallest absolute Gasteiger partial charge is 0.223 e. The Morgan fingerprint density at radius 3 is 2.54 bits per heavy atom. The van der Waals surface area contributed by atoms with E-state index in [-0.39, 0.29) is 6.04 Å². The van der Waals surface area contributed by atoms with Gasteiger partial charge in [0.2, 0.25) is 5.91 Å². The van der Waals surface area contributed by atoms with Crippen molar-refractivity contribution in [3.8, 4) is 0 Å². The van der Waals surface area contributed by atoms with E-state index in [0.717, 1.165) is 25.3 Å². The number of hydrogen-bond acceptors (Lipinski definition) is 1. The lowest BCUT2D eigenvalue weighted by atomic mass is 9.87. The van der Waals surface area contributed by atoms with Crippen LogP contribution in [-0.2, 0) is 11.2 Å². The molecule has 2 aliphatic rings. The number of fused-ring (bicyclic) bond motifs is 1. The number of benzene rings is 2. The van der Waals surface area contributed by atoms with Crippen LogP contribution >= 0.6 is 0 Å². The number of hydrogen-bond donors (Lipinski definition) is 0. The summed E-state index contributed by atoms with van der Waals surface area (Å²) >= 11 is 0. The van der Waals surface area contributed by atoms with E-state index in [1.54, 1.807) is 0 Å². The van der Waals surface area contributed by atoms with E-state index in [9.17, 15) is 4.79 Å². The molecule has 2 nitrogen and oxygen atoms in total. The van der Waals surface area contributed by atoms with Gasteiger partial charge in [-0.25, -0.2) is 0 Å². The Morgan fingerprint density at radius 2 is 1.77 bits per heavy atom. The zero-order valence-electron chi connectivity index (χ0n) is 15.8. The molecule has 1 aliphatic carbocycles. The fourth-order valence-electron chi connectivity index (χ4n) is 4.71. The number of amides is 1. The lowest BCUT2D eigenvalue weighted by Crippen LogP contribution is -2.40. The predicted octanol–water partition coefficient (Wildman–Crippen LogP) is 5.44. The molecule has 0 spiro atoms. The first kappa shape index (κ1) is 17.3. The van der Waals surface area contributed by atoms with Crippen LogP contribution in [0.4, 0.5) is 0 Å². The normalized spacial score (nSPS) is 20.2. The largest absolute Gasteiger partial charge is 0.331 e. The molecule has 1 amide bonds. The molecule has 4 rings (SSSR count). The van der Waals surface area contributed by atoms with Crippen molar-refractivity contribution >= 4 is 5.91 Å². The molecule has 1 aliphatic heterocycles. The van der Waals surface area contributed by atoms with Crippen LogP contribution in [0.25, 0.3) is 0 Å². The number of rotatable bonds is 4. The molecule has 1 heterocycles. The standard InChI is InChI=1S/C24H29NO/c1-18-10-13-21(14-11-18)24-22-9-5-4-8-20(22)16-17-25(24)23(26)15-12-19-6-2-3-7-19/h4-5,8-11,13-14,19,24H,2-3,6-7,12,15-17H2,1H3. The third kappa shape index (κ3) is 3.56. The van der Waals surface area contributed by atoms with Crippen LogP contribution in [0.3, 0.4) is 0 Å². The third-order valence-electron chi connectivity index (χ3n) is 6.24. The van der Waals surface area contributed by atoms with Crippen molar-refractivity contribution in [2.75, 3.05) is 6.54 Å². The summed E-state index contributed by atoms with van der Waals surface area (Å²) < 4.78 is 0. The van der Waals surface area contributed by atoms with Gasteiger partial charge in [-0.05, 0) is 42.4 Å². The SMILES string of the molecule is Cc1ccc(C2c3ccccc3CCN2C(=O)CCC2CCCC2)cc1. The molecule has 0 aromatic heterocycles. The molecule has 0 radical (unpaired) electrons. The van der Waals surface area contributed by atoms with Gasteiger partial charge in [-0.2, -0.15) is 0 Å². The molecule has 26 heavy (non-hydrogen) atoms.